The van der Waals surface area contributed by atoms with E-state index >= 15 is 0 Å². The highest BCUT2D eigenvalue weighted by Crippen LogP contribution is 2.42. The molecule has 0 atom stereocenters. The molecule has 0 unspecified atom stereocenters. The van der Waals surface area contributed by atoms with Crippen LogP contribution in [0.2, 0.25) is 0 Å². The second-order valence-electron chi connectivity index (χ2n) is 9.71. The number of carbonyl (C=O) groups is 1. The summed E-state index contributed by atoms with van der Waals surface area (Å²) in [5.74, 6) is 0.232. The molecule has 4 heterocycles. The van der Waals surface area contributed by atoms with E-state index in [1.54, 1.807) is 22.6 Å². The van der Waals surface area contributed by atoms with Crippen molar-refractivity contribution < 1.29 is 9.53 Å². The minimum Gasteiger partial charge on any atom is -0.370 e. The van der Waals surface area contributed by atoms with E-state index in [0.717, 1.165) is 54.5 Å². The van der Waals surface area contributed by atoms with E-state index in [0.29, 0.717) is 6.61 Å². The number of hydrogen-bond donors (Lipinski definition) is 0. The number of aryl methyl sites for hydroxylation is 1. The molecule has 5 aromatic rings. The number of thioether (sulfide) groups is 1. The maximum Gasteiger partial charge on any atom is 0.241 e. The molecule has 0 bridgehead atoms. The van der Waals surface area contributed by atoms with Gasteiger partial charge in [0.05, 0.1) is 28.2 Å². The zero-order valence-electron chi connectivity index (χ0n) is 20.9. The van der Waals surface area contributed by atoms with Gasteiger partial charge in [0, 0.05) is 34.4 Å². The molecule has 0 radical (unpaired) electrons. The fourth-order valence-corrected chi connectivity index (χ4v) is 6.97. The number of rotatable bonds is 5. The Kier molecular flexibility index (Phi) is 6.18. The van der Waals surface area contributed by atoms with Gasteiger partial charge < -0.3 is 4.74 Å². The lowest BCUT2D eigenvalue weighted by molar-refractivity contribution is -0.115. The molecular weight excluding hydrogens is 500 g/mol. The van der Waals surface area contributed by atoms with E-state index in [2.05, 4.69) is 23.8 Å². The molecule has 6 nitrogen and oxygen atoms in total. The number of carbonyl (C=O) groups excluding carboxylic acids is 1. The maximum atomic E-state index is 13.6. The first-order valence-corrected chi connectivity index (χ1v) is 14.0. The first kappa shape index (κ1) is 24.0. The number of pyridine rings is 1. The summed E-state index contributed by atoms with van der Waals surface area (Å²) in [6.45, 7) is 6.86. The minimum atomic E-state index is -0.239. The highest BCUT2D eigenvalue weighted by Gasteiger charge is 2.31. The molecule has 0 saturated heterocycles. The van der Waals surface area contributed by atoms with Crippen LogP contribution >= 0.6 is 23.1 Å². The van der Waals surface area contributed by atoms with Crippen LogP contribution < -0.4 is 4.90 Å². The zero-order valence-corrected chi connectivity index (χ0v) is 22.5. The van der Waals surface area contributed by atoms with Crippen LogP contribution in [0.15, 0.2) is 72.0 Å². The van der Waals surface area contributed by atoms with Gasteiger partial charge in [0.25, 0.3) is 0 Å². The lowest BCUT2D eigenvalue weighted by Crippen LogP contribution is -2.32. The molecule has 1 amide bonds. The Balaban J connectivity index is 1.36. The number of para-hydroxylation sites is 2. The van der Waals surface area contributed by atoms with Gasteiger partial charge in [0.2, 0.25) is 5.91 Å². The third-order valence-corrected chi connectivity index (χ3v) is 8.80. The van der Waals surface area contributed by atoms with Crippen molar-refractivity contribution in [1.82, 2.24) is 15.0 Å². The summed E-state index contributed by atoms with van der Waals surface area (Å²) < 4.78 is 7.06. The van der Waals surface area contributed by atoms with Crippen molar-refractivity contribution in [2.24, 2.45) is 0 Å². The van der Waals surface area contributed by atoms with E-state index < -0.39 is 0 Å². The average molecular weight is 527 g/mol. The van der Waals surface area contributed by atoms with Crippen LogP contribution in [0.3, 0.4) is 0 Å². The Morgan fingerprint density at radius 2 is 1.70 bits per heavy atom. The molecule has 1 aliphatic rings. The standard InChI is InChI=1S/C29H26N4O2S2/c1-18-22-15-35-29(2,3)14-21(22)24-25-26(37-27(24)32-18)28(31-17-30-25)36-16-23(34)33(19-10-6-4-7-11-19)20-12-8-5-9-13-20/h4-13,17H,14-16H2,1-3H3. The number of fused-ring (bicyclic) bond motifs is 5. The number of aromatic nitrogens is 3. The number of hydrogen-bond acceptors (Lipinski definition) is 7. The fraction of sp³-hybridized carbons (Fsp3) is 0.241. The summed E-state index contributed by atoms with van der Waals surface area (Å²) in [6.07, 6.45) is 2.41. The van der Waals surface area contributed by atoms with Crippen molar-refractivity contribution in [3.8, 4) is 0 Å². The summed E-state index contributed by atoms with van der Waals surface area (Å²) in [5.41, 5.74) is 5.79. The summed E-state index contributed by atoms with van der Waals surface area (Å²) >= 11 is 3.05. The molecule has 37 heavy (non-hydrogen) atoms. The van der Waals surface area contributed by atoms with E-state index in [9.17, 15) is 4.79 Å². The van der Waals surface area contributed by atoms with Crippen molar-refractivity contribution in [2.75, 3.05) is 10.7 Å². The lowest BCUT2D eigenvalue weighted by atomic mass is 9.89. The summed E-state index contributed by atoms with van der Waals surface area (Å²) in [5, 5.41) is 1.91. The highest BCUT2D eigenvalue weighted by atomic mass is 32.2. The van der Waals surface area contributed by atoms with Crippen molar-refractivity contribution in [3.63, 3.8) is 0 Å². The van der Waals surface area contributed by atoms with E-state index in [1.807, 2.05) is 67.6 Å². The summed E-state index contributed by atoms with van der Waals surface area (Å²) in [4.78, 5) is 30.5. The second kappa shape index (κ2) is 9.52. The van der Waals surface area contributed by atoms with Crippen LogP contribution in [0.1, 0.15) is 30.7 Å². The quantitative estimate of drug-likeness (QED) is 0.184. The molecule has 0 fully saturated rings. The zero-order chi connectivity index (χ0) is 25.6. The van der Waals surface area contributed by atoms with Gasteiger partial charge in [0.15, 0.2) is 0 Å². The van der Waals surface area contributed by atoms with E-state index in [4.69, 9.17) is 9.72 Å². The lowest BCUT2D eigenvalue weighted by Gasteiger charge is -2.32. The fourth-order valence-electron chi connectivity index (χ4n) is 4.84. The van der Waals surface area contributed by atoms with Crippen molar-refractivity contribution >= 4 is 60.8 Å². The Hall–Kier alpha value is -3.33. The topological polar surface area (TPSA) is 68.2 Å². The summed E-state index contributed by atoms with van der Waals surface area (Å²) in [7, 11) is 0. The molecule has 8 heteroatoms. The highest BCUT2D eigenvalue weighted by molar-refractivity contribution is 8.00. The third kappa shape index (κ3) is 4.50. The van der Waals surface area contributed by atoms with Gasteiger partial charge in [-0.1, -0.05) is 48.2 Å². The molecular formula is C29H26N4O2S2. The van der Waals surface area contributed by atoms with E-state index in [1.165, 1.54) is 17.3 Å². The normalized spacial score (nSPS) is 14.6. The maximum absolute atomic E-state index is 13.6. The van der Waals surface area contributed by atoms with Crippen LogP contribution in [0.25, 0.3) is 20.4 Å². The molecule has 6 rings (SSSR count). The van der Waals surface area contributed by atoms with Gasteiger partial charge in [0.1, 0.15) is 16.2 Å². The van der Waals surface area contributed by atoms with Crippen molar-refractivity contribution in [2.45, 2.75) is 44.4 Å². The van der Waals surface area contributed by atoms with Crippen LogP contribution in [0.5, 0.6) is 0 Å². The number of anilines is 2. The van der Waals surface area contributed by atoms with Gasteiger partial charge >= 0.3 is 0 Å². The second-order valence-corrected chi connectivity index (χ2v) is 11.7. The molecule has 0 saturated carbocycles. The van der Waals surface area contributed by atoms with Crippen LogP contribution in [-0.4, -0.2) is 32.2 Å². The van der Waals surface area contributed by atoms with Gasteiger partial charge in [-0.15, -0.1) is 11.3 Å². The molecule has 186 valence electrons. The molecule has 1 aliphatic heterocycles. The number of thiophene rings is 1. The third-order valence-electron chi connectivity index (χ3n) is 6.61. The predicted octanol–water partition coefficient (Wildman–Crippen LogP) is 6.86. The smallest absolute Gasteiger partial charge is 0.241 e. The average Bonchev–Trinajstić information content (AvgIpc) is 3.27. The largest absolute Gasteiger partial charge is 0.370 e. The minimum absolute atomic E-state index is 0.0134. The SMILES string of the molecule is Cc1nc2sc3c(SCC(=O)N(c4ccccc4)c4ccccc4)ncnc3c2c2c1COC(C)(C)C2. The number of amides is 1. The van der Waals surface area contributed by atoms with Crippen LogP contribution in [-0.2, 0) is 22.6 Å². The van der Waals surface area contributed by atoms with Gasteiger partial charge in [-0.2, -0.15) is 0 Å². The van der Waals surface area contributed by atoms with Crippen molar-refractivity contribution in [1.29, 1.82) is 0 Å². The molecule has 0 spiro atoms. The Morgan fingerprint density at radius 1 is 1.03 bits per heavy atom. The number of ether oxygens (including phenoxy) is 1. The molecule has 2 aromatic carbocycles. The van der Waals surface area contributed by atoms with E-state index in [-0.39, 0.29) is 17.3 Å². The monoisotopic (exact) mass is 526 g/mol. The Bertz CT molecular complexity index is 1580. The van der Waals surface area contributed by atoms with Gasteiger partial charge in [-0.25, -0.2) is 15.0 Å². The predicted molar refractivity (Wildman–Crippen MR) is 151 cm³/mol. The van der Waals surface area contributed by atoms with Gasteiger partial charge in [-0.3, -0.25) is 9.69 Å². The first-order chi connectivity index (χ1) is 17.9. The summed E-state index contributed by atoms with van der Waals surface area (Å²) in [6, 6.07) is 19.5. The first-order valence-electron chi connectivity index (χ1n) is 12.2. The van der Waals surface area contributed by atoms with Gasteiger partial charge in [-0.05, 0) is 50.6 Å². The Labute approximate surface area is 223 Å². The van der Waals surface area contributed by atoms with Crippen LogP contribution in [0, 0.1) is 6.92 Å². The number of nitrogens with zero attached hydrogens (tertiary/aromatic N) is 4. The van der Waals surface area contributed by atoms with Crippen molar-refractivity contribution in [3.05, 3.63) is 83.8 Å². The molecule has 0 aliphatic carbocycles. The Morgan fingerprint density at radius 3 is 2.38 bits per heavy atom. The van der Waals surface area contributed by atoms with Crippen LogP contribution in [0.4, 0.5) is 11.4 Å². The molecule has 0 N–H and O–H groups in total. The molecule has 3 aromatic heterocycles. The number of benzene rings is 2.